The summed E-state index contributed by atoms with van der Waals surface area (Å²) in [6, 6.07) is 12.8. The molecule has 0 aliphatic heterocycles. The van der Waals surface area contributed by atoms with Crippen molar-refractivity contribution in [3.63, 3.8) is 0 Å². The molecule has 0 saturated carbocycles. The zero-order valence-electron chi connectivity index (χ0n) is 10.5. The molecule has 0 saturated heterocycles. The molecule has 0 radical (unpaired) electrons. The minimum absolute atomic E-state index is 0.257. The van der Waals surface area contributed by atoms with E-state index in [4.69, 9.17) is 11.6 Å². The van der Waals surface area contributed by atoms with Gasteiger partial charge in [-0.1, -0.05) is 23.7 Å². The molecule has 1 nitrogen and oxygen atoms in total. The van der Waals surface area contributed by atoms with Crippen LogP contribution in [0.5, 0.6) is 0 Å². The monoisotopic (exact) mass is 273 g/mol. The molecule has 96 valence electrons. The summed E-state index contributed by atoms with van der Waals surface area (Å²) in [6.45, 7) is 2.63. The Labute approximate surface area is 116 Å². The number of benzene rings is 2. The summed E-state index contributed by atoms with van der Waals surface area (Å²) < 4.78 is 15.4. The zero-order chi connectivity index (χ0) is 13.4. The van der Waals surface area contributed by atoms with Crippen molar-refractivity contribution in [3.05, 3.63) is 70.6 Å². The van der Waals surface area contributed by atoms with Crippen molar-refractivity contribution in [2.45, 2.75) is 13.5 Å². The smallest absolute Gasteiger partial charge is 0.123 e. The second-order valence-electron chi connectivity index (χ2n) is 4.74. The summed E-state index contributed by atoms with van der Waals surface area (Å²) in [6.07, 6.45) is 2.01. The number of rotatable bonds is 2. The van der Waals surface area contributed by atoms with Crippen molar-refractivity contribution in [2.24, 2.45) is 0 Å². The molecule has 2 aromatic carbocycles. The molecule has 3 aromatic rings. The van der Waals surface area contributed by atoms with Gasteiger partial charge in [-0.05, 0) is 53.8 Å². The molecule has 0 aliphatic carbocycles. The number of halogens is 2. The lowest BCUT2D eigenvalue weighted by Gasteiger charge is -2.08. The molecule has 0 N–H and O–H groups in total. The molecule has 19 heavy (non-hydrogen) atoms. The lowest BCUT2D eigenvalue weighted by molar-refractivity contribution is 0.624. The summed E-state index contributed by atoms with van der Waals surface area (Å²) in [5.74, 6) is -0.257. The minimum Gasteiger partial charge on any atom is -0.343 e. The van der Waals surface area contributed by atoms with Gasteiger partial charge < -0.3 is 4.57 Å². The maximum atomic E-state index is 13.3. The molecule has 0 atom stereocenters. The largest absolute Gasteiger partial charge is 0.343 e. The number of hydrogen-bond donors (Lipinski definition) is 0. The van der Waals surface area contributed by atoms with Crippen LogP contribution in [0.4, 0.5) is 4.39 Å². The molecule has 0 spiro atoms. The average molecular weight is 274 g/mol. The maximum absolute atomic E-state index is 13.3. The minimum atomic E-state index is -0.257. The predicted octanol–water partition coefficient (Wildman–Crippen LogP) is 4.79. The number of aryl methyl sites for hydroxylation is 1. The number of fused-ring (bicyclic) bond motifs is 1. The highest BCUT2D eigenvalue weighted by molar-refractivity contribution is 6.31. The van der Waals surface area contributed by atoms with Gasteiger partial charge in [-0.2, -0.15) is 0 Å². The SMILES string of the molecule is Cc1ccc2ccn(Cc3cc(F)ccc3Cl)c2c1. The first kappa shape index (κ1) is 12.2. The molecular weight excluding hydrogens is 261 g/mol. The topological polar surface area (TPSA) is 4.93 Å². The van der Waals surface area contributed by atoms with Crippen LogP contribution in [-0.2, 0) is 6.54 Å². The molecule has 0 aliphatic rings. The Balaban J connectivity index is 2.05. The highest BCUT2D eigenvalue weighted by atomic mass is 35.5. The maximum Gasteiger partial charge on any atom is 0.123 e. The van der Waals surface area contributed by atoms with Crippen molar-refractivity contribution in [1.82, 2.24) is 4.57 Å². The second kappa shape index (κ2) is 4.71. The summed E-state index contributed by atoms with van der Waals surface area (Å²) in [7, 11) is 0. The molecule has 0 amide bonds. The number of hydrogen-bond acceptors (Lipinski definition) is 0. The number of nitrogens with zero attached hydrogens (tertiary/aromatic N) is 1. The Bertz CT molecular complexity index is 746. The van der Waals surface area contributed by atoms with E-state index in [-0.39, 0.29) is 5.82 Å². The molecule has 0 bridgehead atoms. The van der Waals surface area contributed by atoms with E-state index in [0.717, 1.165) is 11.1 Å². The van der Waals surface area contributed by atoms with Gasteiger partial charge in [-0.3, -0.25) is 0 Å². The molecule has 1 heterocycles. The van der Waals surface area contributed by atoms with E-state index < -0.39 is 0 Å². The molecule has 0 fully saturated rings. The first-order valence-electron chi connectivity index (χ1n) is 6.13. The number of aromatic nitrogens is 1. The third-order valence-electron chi connectivity index (χ3n) is 3.28. The first-order chi connectivity index (χ1) is 9.13. The summed E-state index contributed by atoms with van der Waals surface area (Å²) in [4.78, 5) is 0. The van der Waals surface area contributed by atoms with Crippen LogP contribution in [0.1, 0.15) is 11.1 Å². The van der Waals surface area contributed by atoms with Gasteiger partial charge in [0.25, 0.3) is 0 Å². The Morgan fingerprint density at radius 3 is 2.79 bits per heavy atom. The van der Waals surface area contributed by atoms with Gasteiger partial charge in [-0.15, -0.1) is 0 Å². The van der Waals surface area contributed by atoms with Crippen LogP contribution in [0.15, 0.2) is 48.7 Å². The van der Waals surface area contributed by atoms with E-state index in [2.05, 4.69) is 35.8 Å². The van der Waals surface area contributed by atoms with E-state index in [0.29, 0.717) is 11.6 Å². The van der Waals surface area contributed by atoms with Crippen LogP contribution >= 0.6 is 11.6 Å². The second-order valence-corrected chi connectivity index (χ2v) is 5.15. The fourth-order valence-electron chi connectivity index (χ4n) is 2.28. The van der Waals surface area contributed by atoms with Crippen LogP contribution in [0, 0.1) is 12.7 Å². The highest BCUT2D eigenvalue weighted by Crippen LogP contribution is 2.22. The first-order valence-corrected chi connectivity index (χ1v) is 6.51. The molecular formula is C16H13ClFN. The molecule has 1 aromatic heterocycles. The van der Waals surface area contributed by atoms with Gasteiger partial charge in [0.2, 0.25) is 0 Å². The lowest BCUT2D eigenvalue weighted by Crippen LogP contribution is -1.99. The third kappa shape index (κ3) is 2.36. The fourth-order valence-corrected chi connectivity index (χ4v) is 2.46. The zero-order valence-corrected chi connectivity index (χ0v) is 11.3. The van der Waals surface area contributed by atoms with Crippen LogP contribution in [0.3, 0.4) is 0 Å². The van der Waals surface area contributed by atoms with Gasteiger partial charge in [0, 0.05) is 23.3 Å². The van der Waals surface area contributed by atoms with E-state index >= 15 is 0 Å². The van der Waals surface area contributed by atoms with Crippen LogP contribution in [-0.4, -0.2) is 4.57 Å². The Morgan fingerprint density at radius 2 is 1.95 bits per heavy atom. The normalized spacial score (nSPS) is 11.1. The van der Waals surface area contributed by atoms with Crippen molar-refractivity contribution in [2.75, 3.05) is 0 Å². The quantitative estimate of drug-likeness (QED) is 0.633. The van der Waals surface area contributed by atoms with Crippen molar-refractivity contribution in [3.8, 4) is 0 Å². The van der Waals surface area contributed by atoms with Crippen LogP contribution in [0.25, 0.3) is 10.9 Å². The molecule has 3 heteroatoms. The van der Waals surface area contributed by atoms with E-state index in [1.54, 1.807) is 6.07 Å². The van der Waals surface area contributed by atoms with E-state index in [1.807, 2.05) is 6.20 Å². The van der Waals surface area contributed by atoms with Gasteiger partial charge in [-0.25, -0.2) is 4.39 Å². The van der Waals surface area contributed by atoms with E-state index in [1.165, 1.54) is 23.1 Å². The van der Waals surface area contributed by atoms with Gasteiger partial charge in [0.15, 0.2) is 0 Å². The van der Waals surface area contributed by atoms with Gasteiger partial charge in [0.1, 0.15) is 5.82 Å². The molecule has 0 unspecified atom stereocenters. The average Bonchev–Trinajstić information content (AvgIpc) is 2.77. The Kier molecular flexibility index (Phi) is 3.03. The standard InChI is InChI=1S/C16H13ClFN/c1-11-2-3-12-6-7-19(16(12)8-11)10-13-9-14(18)4-5-15(13)17/h2-9H,10H2,1H3. The van der Waals surface area contributed by atoms with Gasteiger partial charge >= 0.3 is 0 Å². The summed E-state index contributed by atoms with van der Waals surface area (Å²) >= 11 is 6.12. The fraction of sp³-hybridized carbons (Fsp3) is 0.125. The Hall–Kier alpha value is -1.80. The molecule has 3 rings (SSSR count). The highest BCUT2D eigenvalue weighted by Gasteiger charge is 2.06. The summed E-state index contributed by atoms with van der Waals surface area (Å²) in [5.41, 5.74) is 3.14. The summed E-state index contributed by atoms with van der Waals surface area (Å²) in [5, 5.41) is 1.77. The van der Waals surface area contributed by atoms with Crippen LogP contribution < -0.4 is 0 Å². The van der Waals surface area contributed by atoms with Crippen molar-refractivity contribution >= 4 is 22.5 Å². The van der Waals surface area contributed by atoms with Crippen molar-refractivity contribution < 1.29 is 4.39 Å². The van der Waals surface area contributed by atoms with E-state index in [9.17, 15) is 4.39 Å². The third-order valence-corrected chi connectivity index (χ3v) is 3.65. The van der Waals surface area contributed by atoms with Gasteiger partial charge in [0.05, 0.1) is 0 Å². The Morgan fingerprint density at radius 1 is 1.11 bits per heavy atom. The predicted molar refractivity (Wildman–Crippen MR) is 77.2 cm³/mol. The lowest BCUT2D eigenvalue weighted by atomic mass is 10.2. The van der Waals surface area contributed by atoms with Crippen molar-refractivity contribution in [1.29, 1.82) is 0 Å². The van der Waals surface area contributed by atoms with Crippen LogP contribution in [0.2, 0.25) is 5.02 Å².